The molecule has 1 aliphatic heterocycles. The Bertz CT molecular complexity index is 471. The predicted octanol–water partition coefficient (Wildman–Crippen LogP) is 2.65. The lowest BCUT2D eigenvalue weighted by Crippen LogP contribution is -2.41. The first-order valence-electron chi connectivity index (χ1n) is 7.52. The van der Waals surface area contributed by atoms with E-state index >= 15 is 0 Å². The van der Waals surface area contributed by atoms with Crippen LogP contribution < -0.4 is 5.73 Å². The molecular weight excluding hydrogens is 266 g/mol. The van der Waals surface area contributed by atoms with E-state index in [2.05, 4.69) is 11.1 Å². The van der Waals surface area contributed by atoms with Gasteiger partial charge in [0.05, 0.1) is 0 Å². The first kappa shape index (κ1) is 15.8. The number of ether oxygens (including phenoxy) is 1. The Kier molecular flexibility index (Phi) is 4.83. The minimum absolute atomic E-state index is 0.215. The Balaban J connectivity index is 1.89. The maximum absolute atomic E-state index is 12.0. The topological polar surface area (TPSA) is 68.5 Å². The van der Waals surface area contributed by atoms with E-state index in [1.54, 1.807) is 4.90 Å². The molecule has 0 aromatic carbocycles. The normalized spacial score (nSPS) is 16.9. The molecule has 0 unspecified atom stereocenters. The third-order valence-corrected chi connectivity index (χ3v) is 3.65. The Morgan fingerprint density at radius 2 is 2.05 bits per heavy atom. The minimum Gasteiger partial charge on any atom is -0.444 e. The zero-order valence-corrected chi connectivity index (χ0v) is 13.1. The molecule has 1 fully saturated rings. The van der Waals surface area contributed by atoms with E-state index in [1.807, 2.05) is 33.0 Å². The summed E-state index contributed by atoms with van der Waals surface area (Å²) in [5.41, 5.74) is 7.28. The van der Waals surface area contributed by atoms with Crippen LogP contribution in [0.15, 0.2) is 18.3 Å². The van der Waals surface area contributed by atoms with Gasteiger partial charge in [0.15, 0.2) is 0 Å². The SMILES string of the molecule is CC(C)(C)OC(=O)N1CCC(c2ccc(CN)cn2)CC1. The fourth-order valence-electron chi connectivity index (χ4n) is 2.48. The van der Waals surface area contributed by atoms with Crippen LogP contribution in [0.4, 0.5) is 4.79 Å². The number of piperidine rings is 1. The van der Waals surface area contributed by atoms with Crippen molar-refractivity contribution in [1.82, 2.24) is 9.88 Å². The zero-order valence-electron chi connectivity index (χ0n) is 13.1. The number of nitrogens with two attached hydrogens (primary N) is 1. The number of hydrogen-bond acceptors (Lipinski definition) is 4. The number of hydrogen-bond donors (Lipinski definition) is 1. The maximum Gasteiger partial charge on any atom is 0.410 e. The number of carbonyl (C=O) groups is 1. The van der Waals surface area contributed by atoms with Crippen molar-refractivity contribution < 1.29 is 9.53 Å². The minimum atomic E-state index is -0.437. The van der Waals surface area contributed by atoms with Crippen molar-refractivity contribution in [2.24, 2.45) is 5.73 Å². The number of rotatable bonds is 2. The summed E-state index contributed by atoms with van der Waals surface area (Å²) >= 11 is 0. The smallest absolute Gasteiger partial charge is 0.410 e. The summed E-state index contributed by atoms with van der Waals surface area (Å²) in [6, 6.07) is 4.08. The second-order valence-corrected chi connectivity index (χ2v) is 6.54. The molecule has 5 heteroatoms. The highest BCUT2D eigenvalue weighted by Crippen LogP contribution is 2.27. The van der Waals surface area contributed by atoms with Crippen LogP contribution in [0.2, 0.25) is 0 Å². The van der Waals surface area contributed by atoms with Gasteiger partial charge in [-0.05, 0) is 45.2 Å². The van der Waals surface area contributed by atoms with Crippen molar-refractivity contribution in [3.63, 3.8) is 0 Å². The standard InChI is InChI=1S/C16H25N3O2/c1-16(2,3)21-15(20)19-8-6-13(7-9-19)14-5-4-12(10-17)11-18-14/h4-5,11,13H,6-10,17H2,1-3H3. The number of aromatic nitrogens is 1. The van der Waals surface area contributed by atoms with E-state index in [-0.39, 0.29) is 6.09 Å². The Labute approximate surface area is 126 Å². The van der Waals surface area contributed by atoms with Gasteiger partial charge >= 0.3 is 6.09 Å². The molecule has 1 saturated heterocycles. The van der Waals surface area contributed by atoms with E-state index in [0.717, 1.165) is 37.2 Å². The van der Waals surface area contributed by atoms with Crippen LogP contribution in [0.3, 0.4) is 0 Å². The molecule has 0 saturated carbocycles. The van der Waals surface area contributed by atoms with Gasteiger partial charge < -0.3 is 15.4 Å². The van der Waals surface area contributed by atoms with E-state index < -0.39 is 5.60 Å². The van der Waals surface area contributed by atoms with Crippen LogP contribution in [0, 0.1) is 0 Å². The molecule has 21 heavy (non-hydrogen) atoms. The molecule has 0 atom stereocenters. The van der Waals surface area contributed by atoms with Gasteiger partial charge in [0, 0.05) is 37.4 Å². The molecule has 2 N–H and O–H groups in total. The third-order valence-electron chi connectivity index (χ3n) is 3.65. The summed E-state index contributed by atoms with van der Waals surface area (Å²) in [5.74, 6) is 0.413. The van der Waals surface area contributed by atoms with Crippen LogP contribution >= 0.6 is 0 Å². The van der Waals surface area contributed by atoms with Gasteiger partial charge in [-0.2, -0.15) is 0 Å². The van der Waals surface area contributed by atoms with Crippen LogP contribution in [-0.4, -0.2) is 34.7 Å². The third kappa shape index (κ3) is 4.43. The summed E-state index contributed by atoms with van der Waals surface area (Å²) in [5, 5.41) is 0. The van der Waals surface area contributed by atoms with Crippen LogP contribution in [0.5, 0.6) is 0 Å². The lowest BCUT2D eigenvalue weighted by Gasteiger charge is -2.33. The lowest BCUT2D eigenvalue weighted by molar-refractivity contribution is 0.0204. The molecule has 0 aliphatic carbocycles. The second kappa shape index (κ2) is 6.43. The maximum atomic E-state index is 12.0. The number of amides is 1. The van der Waals surface area contributed by atoms with E-state index in [1.165, 1.54) is 0 Å². The van der Waals surface area contributed by atoms with Gasteiger partial charge in [-0.1, -0.05) is 6.07 Å². The van der Waals surface area contributed by atoms with Crippen molar-refractivity contribution in [2.75, 3.05) is 13.1 Å². The number of pyridine rings is 1. The van der Waals surface area contributed by atoms with Gasteiger partial charge in [0.1, 0.15) is 5.60 Å². The largest absolute Gasteiger partial charge is 0.444 e. The molecule has 5 nitrogen and oxygen atoms in total. The van der Waals surface area contributed by atoms with Gasteiger partial charge in [-0.25, -0.2) is 4.79 Å². The predicted molar refractivity (Wildman–Crippen MR) is 81.9 cm³/mol. The average Bonchev–Trinajstić information content (AvgIpc) is 2.46. The molecule has 0 bridgehead atoms. The molecule has 1 aromatic rings. The summed E-state index contributed by atoms with van der Waals surface area (Å²) in [6.07, 6.45) is 3.48. The van der Waals surface area contributed by atoms with E-state index in [0.29, 0.717) is 12.5 Å². The highest BCUT2D eigenvalue weighted by Gasteiger charge is 2.27. The zero-order chi connectivity index (χ0) is 15.5. The lowest BCUT2D eigenvalue weighted by atomic mass is 9.93. The summed E-state index contributed by atoms with van der Waals surface area (Å²) < 4.78 is 5.41. The Hall–Kier alpha value is -1.62. The van der Waals surface area contributed by atoms with Crippen molar-refractivity contribution >= 4 is 6.09 Å². The monoisotopic (exact) mass is 291 g/mol. The quantitative estimate of drug-likeness (QED) is 0.909. The number of carbonyl (C=O) groups excluding carboxylic acids is 1. The molecule has 0 radical (unpaired) electrons. The first-order chi connectivity index (χ1) is 9.89. The summed E-state index contributed by atoms with van der Waals surface area (Å²) in [6.45, 7) is 7.63. The van der Waals surface area contributed by atoms with Gasteiger partial charge in [-0.3, -0.25) is 4.98 Å². The van der Waals surface area contributed by atoms with Crippen molar-refractivity contribution in [1.29, 1.82) is 0 Å². The van der Waals surface area contributed by atoms with Gasteiger partial charge in [-0.15, -0.1) is 0 Å². The summed E-state index contributed by atoms with van der Waals surface area (Å²) in [4.78, 5) is 18.3. The molecule has 1 aliphatic rings. The molecule has 2 heterocycles. The molecular formula is C16H25N3O2. The fraction of sp³-hybridized carbons (Fsp3) is 0.625. The van der Waals surface area contributed by atoms with Crippen molar-refractivity contribution in [3.05, 3.63) is 29.6 Å². The number of likely N-dealkylation sites (tertiary alicyclic amines) is 1. The highest BCUT2D eigenvalue weighted by molar-refractivity contribution is 5.68. The van der Waals surface area contributed by atoms with E-state index in [4.69, 9.17) is 10.5 Å². The van der Waals surface area contributed by atoms with Gasteiger partial charge in [0.2, 0.25) is 0 Å². The average molecular weight is 291 g/mol. The number of nitrogens with zero attached hydrogens (tertiary/aromatic N) is 2. The fourth-order valence-corrected chi connectivity index (χ4v) is 2.48. The summed E-state index contributed by atoms with van der Waals surface area (Å²) in [7, 11) is 0. The van der Waals surface area contributed by atoms with Crippen LogP contribution in [0.1, 0.15) is 50.8 Å². The van der Waals surface area contributed by atoms with Crippen molar-refractivity contribution in [2.45, 2.75) is 51.7 Å². The second-order valence-electron chi connectivity index (χ2n) is 6.54. The highest BCUT2D eigenvalue weighted by atomic mass is 16.6. The van der Waals surface area contributed by atoms with E-state index in [9.17, 15) is 4.79 Å². The van der Waals surface area contributed by atoms with Gasteiger partial charge in [0.25, 0.3) is 0 Å². The Morgan fingerprint density at radius 3 is 2.52 bits per heavy atom. The molecule has 0 spiro atoms. The van der Waals surface area contributed by atoms with Crippen LogP contribution in [0.25, 0.3) is 0 Å². The van der Waals surface area contributed by atoms with Crippen molar-refractivity contribution in [3.8, 4) is 0 Å². The Morgan fingerprint density at radius 1 is 1.38 bits per heavy atom. The molecule has 116 valence electrons. The molecule has 1 aromatic heterocycles. The van der Waals surface area contributed by atoms with Crippen LogP contribution in [-0.2, 0) is 11.3 Å². The first-order valence-corrected chi connectivity index (χ1v) is 7.52. The molecule has 1 amide bonds. The molecule has 2 rings (SSSR count).